The number of carbonyl (C=O) groups is 4. The largest absolute Gasteiger partial charge is 0.478 e. The summed E-state index contributed by atoms with van der Waals surface area (Å²) < 4.78 is 0. The van der Waals surface area contributed by atoms with Crippen LogP contribution in [0, 0.1) is 0 Å². The maximum Gasteiger partial charge on any atom is 0.335 e. The van der Waals surface area contributed by atoms with Crippen LogP contribution >= 0.6 is 0 Å². The van der Waals surface area contributed by atoms with Gasteiger partial charge in [-0.2, -0.15) is 0 Å². The van der Waals surface area contributed by atoms with Crippen LogP contribution in [0.3, 0.4) is 0 Å². The van der Waals surface area contributed by atoms with Crippen molar-refractivity contribution >= 4 is 34.6 Å². The Labute approximate surface area is 192 Å². The van der Waals surface area contributed by atoms with E-state index in [-0.39, 0.29) is 22.3 Å². The topological polar surface area (TPSA) is 149 Å². The van der Waals surface area contributed by atoms with Crippen molar-refractivity contribution in [3.63, 3.8) is 0 Å². The summed E-state index contributed by atoms with van der Waals surface area (Å²) in [4.78, 5) is 45.8. The summed E-state index contributed by atoms with van der Waals surface area (Å²) in [6, 6.07) is 18.3. The number of carboxylic acids is 4. The zero-order chi connectivity index (χ0) is 24.6. The maximum atomic E-state index is 11.4. The molecule has 0 saturated heterocycles. The zero-order valence-electron chi connectivity index (χ0n) is 17.4. The molecule has 0 heterocycles. The molecule has 0 aromatic heterocycles. The molecule has 4 N–H and O–H groups in total. The molecule has 168 valence electrons. The zero-order valence-corrected chi connectivity index (χ0v) is 17.4. The monoisotopic (exact) mass is 456 g/mol. The molecule has 0 saturated carbocycles. The molecule has 0 aliphatic rings. The van der Waals surface area contributed by atoms with Crippen LogP contribution in [-0.2, 0) is 0 Å². The Hall–Kier alpha value is -4.98. The maximum absolute atomic E-state index is 11.4. The lowest BCUT2D eigenvalue weighted by Crippen LogP contribution is -2.03. The minimum Gasteiger partial charge on any atom is -0.478 e. The molecule has 0 unspecified atom stereocenters. The van der Waals surface area contributed by atoms with Gasteiger partial charge < -0.3 is 20.4 Å². The highest BCUT2D eigenvalue weighted by Crippen LogP contribution is 2.31. The number of carboxylic acid groups (broad SMARTS) is 4. The summed E-state index contributed by atoms with van der Waals surface area (Å²) in [5, 5.41) is 38.9. The molecule has 4 aromatic rings. The third kappa shape index (κ3) is 4.33. The van der Waals surface area contributed by atoms with E-state index in [1.807, 2.05) is 0 Å². The van der Waals surface area contributed by atoms with Gasteiger partial charge in [-0.15, -0.1) is 0 Å². The van der Waals surface area contributed by atoms with E-state index in [9.17, 15) is 39.6 Å². The van der Waals surface area contributed by atoms with Crippen molar-refractivity contribution in [3.8, 4) is 22.3 Å². The highest BCUT2D eigenvalue weighted by molar-refractivity contribution is 5.99. The Bertz CT molecular complexity index is 1340. The minimum absolute atomic E-state index is 0.157. The van der Waals surface area contributed by atoms with E-state index >= 15 is 0 Å². The summed E-state index contributed by atoms with van der Waals surface area (Å²) in [5.74, 6) is -5.00. The van der Waals surface area contributed by atoms with Crippen LogP contribution in [0.4, 0.5) is 0 Å². The van der Waals surface area contributed by atoms with Gasteiger partial charge in [-0.1, -0.05) is 24.3 Å². The van der Waals surface area contributed by atoms with E-state index in [4.69, 9.17) is 0 Å². The van der Waals surface area contributed by atoms with Crippen molar-refractivity contribution in [2.45, 2.75) is 0 Å². The van der Waals surface area contributed by atoms with E-state index in [1.165, 1.54) is 24.3 Å². The van der Waals surface area contributed by atoms with E-state index < -0.39 is 23.9 Å². The number of fused-ring (bicyclic) bond motifs is 1. The normalized spacial score (nSPS) is 10.7. The van der Waals surface area contributed by atoms with Gasteiger partial charge in [-0.05, 0) is 81.6 Å². The lowest BCUT2D eigenvalue weighted by molar-refractivity contribution is 0.0676. The Kier molecular flexibility index (Phi) is 5.56. The SMILES string of the molecule is O=C(O)c1cc(C(=O)O)cc(-c2ccc3ccc(-c4cc(C(=O)O)cc(C(=O)O)c4)cc3c2)c1. The fourth-order valence-corrected chi connectivity index (χ4v) is 3.69. The number of benzene rings is 4. The molecule has 0 spiro atoms. The van der Waals surface area contributed by atoms with Crippen LogP contribution < -0.4 is 0 Å². The van der Waals surface area contributed by atoms with Gasteiger partial charge in [0.2, 0.25) is 0 Å². The molecule has 34 heavy (non-hydrogen) atoms. The molecule has 0 aliphatic heterocycles. The predicted octanol–water partition coefficient (Wildman–Crippen LogP) is 4.97. The average molecular weight is 456 g/mol. The molecule has 0 amide bonds. The smallest absolute Gasteiger partial charge is 0.335 e. The van der Waals surface area contributed by atoms with Gasteiger partial charge in [0, 0.05) is 0 Å². The quantitative estimate of drug-likeness (QED) is 0.318. The number of hydrogen-bond donors (Lipinski definition) is 4. The van der Waals surface area contributed by atoms with Gasteiger partial charge in [-0.3, -0.25) is 0 Å². The molecule has 0 atom stereocenters. The number of aromatic carboxylic acids is 4. The first kappa shape index (κ1) is 22.2. The Morgan fingerprint density at radius 3 is 1.00 bits per heavy atom. The van der Waals surface area contributed by atoms with Gasteiger partial charge in [0.1, 0.15) is 0 Å². The molecule has 4 aromatic carbocycles. The van der Waals surface area contributed by atoms with Gasteiger partial charge in [-0.25, -0.2) is 19.2 Å². The molecule has 8 nitrogen and oxygen atoms in total. The average Bonchev–Trinajstić information content (AvgIpc) is 2.82. The molecule has 0 aliphatic carbocycles. The van der Waals surface area contributed by atoms with E-state index in [2.05, 4.69) is 0 Å². The summed E-state index contributed by atoms with van der Waals surface area (Å²) in [6.45, 7) is 0. The molecule has 0 fully saturated rings. The Balaban J connectivity index is 1.86. The molecular formula is C26H16O8. The van der Waals surface area contributed by atoms with Crippen LogP contribution in [0.5, 0.6) is 0 Å². The third-order valence-electron chi connectivity index (χ3n) is 5.36. The van der Waals surface area contributed by atoms with Crippen LogP contribution in [-0.4, -0.2) is 44.3 Å². The highest BCUT2D eigenvalue weighted by atomic mass is 16.4. The Morgan fingerprint density at radius 2 is 0.706 bits per heavy atom. The predicted molar refractivity (Wildman–Crippen MR) is 123 cm³/mol. The van der Waals surface area contributed by atoms with Crippen molar-refractivity contribution in [2.24, 2.45) is 0 Å². The van der Waals surface area contributed by atoms with Gasteiger partial charge in [0.05, 0.1) is 22.3 Å². The minimum atomic E-state index is -1.25. The molecule has 0 radical (unpaired) electrons. The first-order valence-corrected chi connectivity index (χ1v) is 9.90. The third-order valence-corrected chi connectivity index (χ3v) is 5.36. The van der Waals surface area contributed by atoms with Crippen molar-refractivity contribution in [1.82, 2.24) is 0 Å². The first-order chi connectivity index (χ1) is 16.1. The van der Waals surface area contributed by atoms with Crippen LogP contribution in [0.2, 0.25) is 0 Å². The van der Waals surface area contributed by atoms with Crippen LogP contribution in [0.15, 0.2) is 72.8 Å². The fourth-order valence-electron chi connectivity index (χ4n) is 3.69. The van der Waals surface area contributed by atoms with E-state index in [0.717, 1.165) is 17.5 Å². The Morgan fingerprint density at radius 1 is 0.382 bits per heavy atom. The van der Waals surface area contributed by atoms with Gasteiger partial charge in [0.15, 0.2) is 0 Å². The highest BCUT2D eigenvalue weighted by Gasteiger charge is 2.15. The molecule has 8 heteroatoms. The summed E-state index contributed by atoms with van der Waals surface area (Å²) in [5.41, 5.74) is 1.36. The van der Waals surface area contributed by atoms with Crippen LogP contribution in [0.25, 0.3) is 33.0 Å². The summed E-state index contributed by atoms with van der Waals surface area (Å²) in [6.07, 6.45) is 0. The fraction of sp³-hybridized carbons (Fsp3) is 0. The van der Waals surface area contributed by atoms with Crippen molar-refractivity contribution in [3.05, 3.63) is 95.1 Å². The second-order valence-corrected chi connectivity index (χ2v) is 7.60. The van der Waals surface area contributed by atoms with E-state index in [1.54, 1.807) is 36.4 Å². The molecule has 0 bridgehead atoms. The van der Waals surface area contributed by atoms with E-state index in [0.29, 0.717) is 27.6 Å². The van der Waals surface area contributed by atoms with Gasteiger partial charge >= 0.3 is 23.9 Å². The lowest BCUT2D eigenvalue weighted by Gasteiger charge is -2.10. The standard InChI is InChI=1S/C26H16O8/c27-23(28)19-7-17(8-20(11-19)24(29)30)14-3-1-13-2-4-15(6-16(13)5-14)18-9-21(25(31)32)12-22(10-18)26(33)34/h1-12H,(H,27,28)(H,29,30)(H,31,32)(H,33,34). The number of hydrogen-bond acceptors (Lipinski definition) is 4. The second kappa shape index (κ2) is 8.51. The lowest BCUT2D eigenvalue weighted by atomic mass is 9.94. The van der Waals surface area contributed by atoms with Crippen molar-refractivity contribution in [2.75, 3.05) is 0 Å². The molecule has 4 rings (SSSR count). The summed E-state index contributed by atoms with van der Waals surface area (Å²) >= 11 is 0. The number of rotatable bonds is 6. The summed E-state index contributed by atoms with van der Waals surface area (Å²) in [7, 11) is 0. The van der Waals surface area contributed by atoms with Crippen molar-refractivity contribution < 1.29 is 39.6 Å². The second-order valence-electron chi connectivity index (χ2n) is 7.60. The first-order valence-electron chi connectivity index (χ1n) is 9.90. The van der Waals surface area contributed by atoms with Crippen LogP contribution in [0.1, 0.15) is 41.4 Å². The van der Waals surface area contributed by atoms with Gasteiger partial charge in [0.25, 0.3) is 0 Å². The molecular weight excluding hydrogens is 440 g/mol. The van der Waals surface area contributed by atoms with Crippen molar-refractivity contribution in [1.29, 1.82) is 0 Å².